The highest BCUT2D eigenvalue weighted by molar-refractivity contribution is 5.94. The summed E-state index contributed by atoms with van der Waals surface area (Å²) in [6, 6.07) is 10.4. The fraction of sp³-hybridized carbons (Fsp3) is 0.222. The molecule has 3 aromatic rings. The highest BCUT2D eigenvalue weighted by Gasteiger charge is 2.11. The fourth-order valence-electron chi connectivity index (χ4n) is 2.39. The summed E-state index contributed by atoms with van der Waals surface area (Å²) in [7, 11) is 1.47. The molecule has 0 saturated carbocycles. The summed E-state index contributed by atoms with van der Waals surface area (Å²) in [5.74, 6) is 1.02. The van der Waals surface area contributed by atoms with Crippen LogP contribution in [0.5, 0.6) is 11.5 Å². The Hall–Kier alpha value is -3.42. The van der Waals surface area contributed by atoms with E-state index in [4.69, 9.17) is 9.47 Å². The van der Waals surface area contributed by atoms with Gasteiger partial charge in [-0.25, -0.2) is 0 Å². The van der Waals surface area contributed by atoms with Crippen LogP contribution >= 0.6 is 0 Å². The van der Waals surface area contributed by atoms with Crippen molar-refractivity contribution < 1.29 is 19.1 Å². The number of amides is 1. The molecule has 8 heteroatoms. The van der Waals surface area contributed by atoms with Gasteiger partial charge in [0, 0.05) is 11.8 Å². The Morgan fingerprint density at radius 2 is 2.00 bits per heavy atom. The molecule has 0 bridgehead atoms. The third-order valence-corrected chi connectivity index (χ3v) is 3.76. The Kier molecular flexibility index (Phi) is 5.12. The first-order chi connectivity index (χ1) is 12.6. The van der Waals surface area contributed by atoms with E-state index in [0.717, 1.165) is 0 Å². The lowest BCUT2D eigenvalue weighted by Crippen LogP contribution is -2.29. The molecule has 2 heterocycles. The number of carbonyl (C=O) groups excluding carboxylic acids is 2. The molecule has 8 nitrogen and oxygen atoms in total. The summed E-state index contributed by atoms with van der Waals surface area (Å²) in [5.41, 5.74) is 1.22. The average Bonchev–Trinajstić information content (AvgIpc) is 3.07. The first-order valence-corrected chi connectivity index (χ1v) is 7.95. The highest BCUT2D eigenvalue weighted by Crippen LogP contribution is 2.28. The van der Waals surface area contributed by atoms with Gasteiger partial charge in [-0.3, -0.25) is 14.0 Å². The van der Waals surface area contributed by atoms with Gasteiger partial charge in [0.1, 0.15) is 0 Å². The number of benzene rings is 1. The van der Waals surface area contributed by atoms with Crippen molar-refractivity contribution in [3.05, 3.63) is 54.0 Å². The lowest BCUT2D eigenvalue weighted by molar-refractivity contribution is -0.123. The number of nitrogens with zero attached hydrogens (tertiary/aromatic N) is 3. The quantitative estimate of drug-likeness (QED) is 0.648. The number of nitrogens with one attached hydrogen (secondary N) is 1. The Morgan fingerprint density at radius 1 is 1.15 bits per heavy atom. The van der Waals surface area contributed by atoms with Crippen molar-refractivity contribution >= 4 is 17.3 Å². The van der Waals surface area contributed by atoms with Crippen LogP contribution < -0.4 is 14.8 Å². The SMILES string of the molecule is COc1cc(C(C)=O)ccc1OCC(=O)NCc1nnc2ccccn12. The van der Waals surface area contributed by atoms with Gasteiger partial charge in [0.05, 0.1) is 13.7 Å². The molecule has 2 aromatic heterocycles. The molecule has 0 atom stereocenters. The number of fused-ring (bicyclic) bond motifs is 1. The van der Waals surface area contributed by atoms with Crippen molar-refractivity contribution in [2.24, 2.45) is 0 Å². The molecule has 26 heavy (non-hydrogen) atoms. The molecule has 1 amide bonds. The van der Waals surface area contributed by atoms with Crippen molar-refractivity contribution in [3.8, 4) is 11.5 Å². The summed E-state index contributed by atoms with van der Waals surface area (Å²) in [6.45, 7) is 1.51. The van der Waals surface area contributed by atoms with E-state index in [-0.39, 0.29) is 24.8 Å². The van der Waals surface area contributed by atoms with Gasteiger partial charge in [-0.05, 0) is 37.3 Å². The van der Waals surface area contributed by atoms with E-state index in [0.29, 0.717) is 28.5 Å². The highest BCUT2D eigenvalue weighted by atomic mass is 16.5. The molecular formula is C18H18N4O4. The number of aromatic nitrogens is 3. The Bertz CT molecular complexity index is 951. The van der Waals surface area contributed by atoms with Crippen LogP contribution in [0.1, 0.15) is 23.1 Å². The summed E-state index contributed by atoms with van der Waals surface area (Å²) in [6.07, 6.45) is 1.83. The zero-order valence-corrected chi connectivity index (χ0v) is 14.4. The fourth-order valence-corrected chi connectivity index (χ4v) is 2.39. The minimum atomic E-state index is -0.310. The maximum absolute atomic E-state index is 12.0. The van der Waals surface area contributed by atoms with E-state index in [1.54, 1.807) is 22.6 Å². The first-order valence-electron chi connectivity index (χ1n) is 7.95. The van der Waals surface area contributed by atoms with Crippen molar-refractivity contribution in [2.45, 2.75) is 13.5 Å². The number of hydrogen-bond acceptors (Lipinski definition) is 6. The van der Waals surface area contributed by atoms with Crippen molar-refractivity contribution in [3.63, 3.8) is 0 Å². The van der Waals surface area contributed by atoms with Crippen LogP contribution in [0.15, 0.2) is 42.6 Å². The molecular weight excluding hydrogens is 336 g/mol. The Labute approximate surface area is 149 Å². The smallest absolute Gasteiger partial charge is 0.258 e. The van der Waals surface area contributed by atoms with Gasteiger partial charge in [0.15, 0.2) is 35.4 Å². The van der Waals surface area contributed by atoms with E-state index in [2.05, 4.69) is 15.5 Å². The number of pyridine rings is 1. The third-order valence-electron chi connectivity index (χ3n) is 3.76. The lowest BCUT2D eigenvalue weighted by Gasteiger charge is -2.11. The average molecular weight is 354 g/mol. The maximum atomic E-state index is 12.0. The van der Waals surface area contributed by atoms with E-state index < -0.39 is 0 Å². The number of methoxy groups -OCH3 is 1. The van der Waals surface area contributed by atoms with Gasteiger partial charge in [0.25, 0.3) is 5.91 Å². The number of ether oxygens (including phenoxy) is 2. The van der Waals surface area contributed by atoms with Crippen LogP contribution in [0, 0.1) is 0 Å². The summed E-state index contributed by atoms with van der Waals surface area (Å²) >= 11 is 0. The predicted molar refractivity (Wildman–Crippen MR) is 93.3 cm³/mol. The molecule has 0 aliphatic heterocycles. The van der Waals surface area contributed by atoms with Crippen LogP contribution in [0.3, 0.4) is 0 Å². The molecule has 1 aromatic carbocycles. The second kappa shape index (κ2) is 7.64. The Morgan fingerprint density at radius 3 is 2.77 bits per heavy atom. The van der Waals surface area contributed by atoms with Crippen LogP contribution in [-0.4, -0.2) is 40.0 Å². The molecule has 3 rings (SSSR count). The molecule has 0 spiro atoms. The minimum Gasteiger partial charge on any atom is -0.493 e. The molecule has 0 saturated heterocycles. The standard InChI is InChI=1S/C18H18N4O4/c1-12(23)13-6-7-14(15(9-13)25-2)26-11-18(24)19-10-17-21-20-16-5-3-4-8-22(16)17/h3-9H,10-11H2,1-2H3,(H,19,24). The predicted octanol–water partition coefficient (Wildman–Crippen LogP) is 1.64. The molecule has 0 unspecified atom stereocenters. The lowest BCUT2D eigenvalue weighted by atomic mass is 10.1. The van der Waals surface area contributed by atoms with Crippen LogP contribution in [0.4, 0.5) is 0 Å². The number of Topliss-reactive ketones (excluding diaryl/α,β-unsaturated/α-hetero) is 1. The van der Waals surface area contributed by atoms with Gasteiger partial charge in [-0.15, -0.1) is 10.2 Å². The van der Waals surface area contributed by atoms with Gasteiger partial charge >= 0.3 is 0 Å². The molecule has 0 aliphatic carbocycles. The van der Waals surface area contributed by atoms with Crippen LogP contribution in [0.2, 0.25) is 0 Å². The van der Waals surface area contributed by atoms with E-state index >= 15 is 0 Å². The summed E-state index contributed by atoms with van der Waals surface area (Å²) < 4.78 is 12.5. The number of carbonyl (C=O) groups is 2. The van der Waals surface area contributed by atoms with E-state index in [9.17, 15) is 9.59 Å². The molecule has 0 aliphatic rings. The zero-order chi connectivity index (χ0) is 18.5. The number of ketones is 1. The van der Waals surface area contributed by atoms with Crippen LogP contribution in [-0.2, 0) is 11.3 Å². The molecule has 0 fully saturated rings. The monoisotopic (exact) mass is 354 g/mol. The van der Waals surface area contributed by atoms with Gasteiger partial charge in [-0.1, -0.05) is 6.07 Å². The molecule has 134 valence electrons. The second-order valence-electron chi connectivity index (χ2n) is 5.53. The third kappa shape index (κ3) is 3.80. The minimum absolute atomic E-state index is 0.0758. The maximum Gasteiger partial charge on any atom is 0.258 e. The summed E-state index contributed by atoms with van der Waals surface area (Å²) in [4.78, 5) is 23.4. The van der Waals surface area contributed by atoms with E-state index in [1.807, 2.05) is 24.4 Å². The van der Waals surface area contributed by atoms with Gasteiger partial charge in [0.2, 0.25) is 0 Å². The zero-order valence-electron chi connectivity index (χ0n) is 14.4. The Balaban J connectivity index is 1.58. The number of hydrogen-bond donors (Lipinski definition) is 1. The normalized spacial score (nSPS) is 10.5. The second-order valence-corrected chi connectivity index (χ2v) is 5.53. The van der Waals surface area contributed by atoms with Crippen molar-refractivity contribution in [2.75, 3.05) is 13.7 Å². The number of rotatable bonds is 7. The first kappa shape index (κ1) is 17.4. The van der Waals surface area contributed by atoms with Crippen LogP contribution in [0.25, 0.3) is 5.65 Å². The van der Waals surface area contributed by atoms with Gasteiger partial charge in [-0.2, -0.15) is 0 Å². The van der Waals surface area contributed by atoms with Gasteiger partial charge < -0.3 is 14.8 Å². The topological polar surface area (TPSA) is 94.8 Å². The largest absolute Gasteiger partial charge is 0.493 e. The van der Waals surface area contributed by atoms with E-state index in [1.165, 1.54) is 14.0 Å². The molecule has 1 N–H and O–H groups in total. The van der Waals surface area contributed by atoms with Crippen molar-refractivity contribution in [1.82, 2.24) is 19.9 Å². The van der Waals surface area contributed by atoms with Crippen molar-refractivity contribution in [1.29, 1.82) is 0 Å². The summed E-state index contributed by atoms with van der Waals surface area (Å²) in [5, 5.41) is 10.8. The molecule has 0 radical (unpaired) electrons.